The van der Waals surface area contributed by atoms with Crippen LogP contribution in [0.4, 0.5) is 0 Å². The summed E-state index contributed by atoms with van der Waals surface area (Å²) in [5, 5.41) is 8.63. The lowest BCUT2D eigenvalue weighted by atomic mass is 10.1. The van der Waals surface area contributed by atoms with Gasteiger partial charge in [-0.25, -0.2) is 0 Å². The highest BCUT2D eigenvalue weighted by atomic mass is 16.3. The van der Waals surface area contributed by atoms with Crippen molar-refractivity contribution in [3.8, 4) is 0 Å². The van der Waals surface area contributed by atoms with Crippen LogP contribution in [0.1, 0.15) is 20.8 Å². The standard InChI is InChI=1S/C7H12O.CH4/c1-6-2-3-7(4-6)5-8;/h2-3,6-8H,4-5H2,1H3;1H4/t6-,7+;/m0./s1. The molecule has 1 nitrogen and oxygen atoms in total. The molecule has 0 saturated carbocycles. The first-order chi connectivity index (χ1) is 3.83. The third kappa shape index (κ3) is 2.19. The number of allylic oxidation sites excluding steroid dienone is 1. The van der Waals surface area contributed by atoms with Gasteiger partial charge >= 0.3 is 0 Å². The third-order valence-electron chi connectivity index (χ3n) is 1.62. The molecule has 0 aromatic rings. The molecule has 0 saturated heterocycles. The van der Waals surface area contributed by atoms with Gasteiger partial charge in [-0.3, -0.25) is 0 Å². The van der Waals surface area contributed by atoms with Gasteiger partial charge < -0.3 is 5.11 Å². The maximum absolute atomic E-state index is 8.63. The molecule has 9 heavy (non-hydrogen) atoms. The topological polar surface area (TPSA) is 20.2 Å². The largest absolute Gasteiger partial charge is 0.396 e. The van der Waals surface area contributed by atoms with Crippen LogP contribution >= 0.6 is 0 Å². The fourth-order valence-corrected chi connectivity index (χ4v) is 1.12. The van der Waals surface area contributed by atoms with Crippen LogP contribution in [0.3, 0.4) is 0 Å². The maximum Gasteiger partial charge on any atom is 0.0494 e. The number of rotatable bonds is 1. The molecule has 0 heterocycles. The van der Waals surface area contributed by atoms with Crippen molar-refractivity contribution in [3.05, 3.63) is 12.2 Å². The van der Waals surface area contributed by atoms with Crippen molar-refractivity contribution < 1.29 is 5.11 Å². The minimum atomic E-state index is 0. The van der Waals surface area contributed by atoms with E-state index in [0.717, 1.165) is 6.42 Å². The Morgan fingerprint density at radius 3 is 2.44 bits per heavy atom. The van der Waals surface area contributed by atoms with E-state index in [9.17, 15) is 0 Å². The first kappa shape index (κ1) is 8.70. The van der Waals surface area contributed by atoms with Gasteiger partial charge in [0.1, 0.15) is 0 Å². The van der Waals surface area contributed by atoms with Crippen molar-refractivity contribution in [2.24, 2.45) is 11.8 Å². The summed E-state index contributed by atoms with van der Waals surface area (Å²) in [5.41, 5.74) is 0. The SMILES string of the molecule is C.C[C@H]1C=C[C@@H](CO)C1. The monoisotopic (exact) mass is 128 g/mol. The van der Waals surface area contributed by atoms with Gasteiger partial charge in [0.25, 0.3) is 0 Å². The van der Waals surface area contributed by atoms with Crippen LogP contribution < -0.4 is 0 Å². The van der Waals surface area contributed by atoms with Gasteiger partial charge in [0.2, 0.25) is 0 Å². The molecule has 1 N–H and O–H groups in total. The van der Waals surface area contributed by atoms with Gasteiger partial charge in [0.05, 0.1) is 0 Å². The molecule has 0 aromatic heterocycles. The van der Waals surface area contributed by atoms with E-state index >= 15 is 0 Å². The van der Waals surface area contributed by atoms with Crippen LogP contribution in [0, 0.1) is 11.8 Å². The lowest BCUT2D eigenvalue weighted by Crippen LogP contribution is -1.99. The molecule has 0 aliphatic heterocycles. The van der Waals surface area contributed by atoms with E-state index in [-0.39, 0.29) is 7.43 Å². The molecule has 0 spiro atoms. The fraction of sp³-hybridized carbons (Fsp3) is 0.750. The fourth-order valence-electron chi connectivity index (χ4n) is 1.12. The van der Waals surface area contributed by atoms with Gasteiger partial charge in [-0.2, -0.15) is 0 Å². The second-order valence-electron chi connectivity index (χ2n) is 2.54. The summed E-state index contributed by atoms with van der Waals surface area (Å²) >= 11 is 0. The summed E-state index contributed by atoms with van der Waals surface area (Å²) in [6, 6.07) is 0. The molecule has 0 unspecified atom stereocenters. The summed E-state index contributed by atoms with van der Waals surface area (Å²) in [6.07, 6.45) is 5.40. The zero-order valence-electron chi connectivity index (χ0n) is 5.17. The molecule has 0 radical (unpaired) electrons. The van der Waals surface area contributed by atoms with Crippen molar-refractivity contribution in [1.29, 1.82) is 0 Å². The average Bonchev–Trinajstić information content (AvgIpc) is 2.14. The summed E-state index contributed by atoms with van der Waals surface area (Å²) in [7, 11) is 0. The summed E-state index contributed by atoms with van der Waals surface area (Å²) in [5.74, 6) is 1.14. The van der Waals surface area contributed by atoms with E-state index in [2.05, 4.69) is 19.1 Å². The molecular formula is C8H16O. The van der Waals surface area contributed by atoms with Crippen LogP contribution in [0.2, 0.25) is 0 Å². The summed E-state index contributed by atoms with van der Waals surface area (Å²) in [4.78, 5) is 0. The minimum Gasteiger partial charge on any atom is -0.396 e. The van der Waals surface area contributed by atoms with E-state index in [1.54, 1.807) is 0 Å². The van der Waals surface area contributed by atoms with Crippen molar-refractivity contribution in [2.75, 3.05) is 6.61 Å². The zero-order valence-corrected chi connectivity index (χ0v) is 5.17. The van der Waals surface area contributed by atoms with Crippen molar-refractivity contribution >= 4 is 0 Å². The van der Waals surface area contributed by atoms with Crippen LogP contribution in [0.5, 0.6) is 0 Å². The van der Waals surface area contributed by atoms with Crippen LogP contribution in [0.15, 0.2) is 12.2 Å². The van der Waals surface area contributed by atoms with E-state index < -0.39 is 0 Å². The Bertz CT molecular complexity index is 96.7. The Hall–Kier alpha value is -0.300. The molecule has 1 aliphatic rings. The number of aliphatic hydroxyl groups is 1. The molecule has 54 valence electrons. The predicted molar refractivity (Wildman–Crippen MR) is 40.2 cm³/mol. The van der Waals surface area contributed by atoms with Crippen molar-refractivity contribution in [1.82, 2.24) is 0 Å². The molecule has 0 amide bonds. The lowest BCUT2D eigenvalue weighted by Gasteiger charge is -2.01. The third-order valence-corrected chi connectivity index (χ3v) is 1.62. The first-order valence-corrected chi connectivity index (χ1v) is 3.12. The van der Waals surface area contributed by atoms with Crippen LogP contribution in [-0.2, 0) is 0 Å². The van der Waals surface area contributed by atoms with Crippen molar-refractivity contribution in [2.45, 2.75) is 20.8 Å². The van der Waals surface area contributed by atoms with E-state index in [1.165, 1.54) is 0 Å². The Morgan fingerprint density at radius 2 is 2.22 bits per heavy atom. The maximum atomic E-state index is 8.63. The second-order valence-corrected chi connectivity index (χ2v) is 2.54. The molecule has 1 rings (SSSR count). The van der Waals surface area contributed by atoms with Gasteiger partial charge in [-0.1, -0.05) is 26.5 Å². The number of hydrogen-bond donors (Lipinski definition) is 1. The molecule has 2 atom stereocenters. The summed E-state index contributed by atoms with van der Waals surface area (Å²) in [6.45, 7) is 2.49. The molecular weight excluding hydrogens is 112 g/mol. The highest BCUT2D eigenvalue weighted by molar-refractivity contribution is 4.99. The Kier molecular flexibility index (Phi) is 3.55. The van der Waals surface area contributed by atoms with Crippen LogP contribution in [0.25, 0.3) is 0 Å². The highest BCUT2D eigenvalue weighted by Gasteiger charge is 2.12. The quantitative estimate of drug-likeness (QED) is 0.534. The molecule has 1 heteroatoms. The van der Waals surface area contributed by atoms with E-state index in [4.69, 9.17) is 5.11 Å². The van der Waals surface area contributed by atoms with Crippen molar-refractivity contribution in [3.63, 3.8) is 0 Å². The molecule has 1 aliphatic carbocycles. The van der Waals surface area contributed by atoms with Gasteiger partial charge in [-0.15, -0.1) is 0 Å². The molecule has 0 bridgehead atoms. The Balaban J connectivity index is 0.000000640. The predicted octanol–water partition coefficient (Wildman–Crippen LogP) is 1.83. The van der Waals surface area contributed by atoms with Gasteiger partial charge in [0.15, 0.2) is 0 Å². The van der Waals surface area contributed by atoms with Crippen LogP contribution in [-0.4, -0.2) is 11.7 Å². The normalized spacial score (nSPS) is 32.2. The molecule has 0 aromatic carbocycles. The average molecular weight is 128 g/mol. The minimum absolute atomic E-state index is 0. The van der Waals surface area contributed by atoms with E-state index in [0.29, 0.717) is 18.4 Å². The summed E-state index contributed by atoms with van der Waals surface area (Å²) < 4.78 is 0. The number of aliphatic hydroxyl groups excluding tert-OH is 1. The van der Waals surface area contributed by atoms with Gasteiger partial charge in [-0.05, 0) is 12.3 Å². The second kappa shape index (κ2) is 3.67. The molecule has 0 fully saturated rings. The lowest BCUT2D eigenvalue weighted by molar-refractivity contribution is 0.246. The smallest absolute Gasteiger partial charge is 0.0494 e. The highest BCUT2D eigenvalue weighted by Crippen LogP contribution is 2.21. The van der Waals surface area contributed by atoms with E-state index in [1.807, 2.05) is 0 Å². The number of hydrogen-bond acceptors (Lipinski definition) is 1. The Labute approximate surface area is 57.4 Å². The first-order valence-electron chi connectivity index (χ1n) is 3.12. The Morgan fingerprint density at radius 1 is 1.56 bits per heavy atom. The zero-order chi connectivity index (χ0) is 5.98. The van der Waals surface area contributed by atoms with Gasteiger partial charge in [0, 0.05) is 12.5 Å².